The summed E-state index contributed by atoms with van der Waals surface area (Å²) in [6.45, 7) is 0.160. The number of halogens is 5. The lowest BCUT2D eigenvalue weighted by molar-refractivity contribution is -0.286. The maximum atomic E-state index is 13.5. The highest BCUT2D eigenvalue weighted by Gasteiger charge is 2.57. The average molecular weight is 496 g/mol. The molecule has 4 rings (SSSR count). The summed E-state index contributed by atoms with van der Waals surface area (Å²) >= 11 is -1.45. The lowest BCUT2D eigenvalue weighted by atomic mass is 10.2. The van der Waals surface area contributed by atoms with Crippen molar-refractivity contribution in [3.63, 3.8) is 0 Å². The molecule has 0 spiro atoms. The van der Waals surface area contributed by atoms with E-state index in [9.17, 15) is 26.5 Å². The van der Waals surface area contributed by atoms with Crippen LogP contribution in [0.2, 0.25) is 0 Å². The topological polar surface area (TPSA) is 75.9 Å². The fourth-order valence-electron chi connectivity index (χ4n) is 3.19. The molecular formula is C22H17F5N4O2S. The van der Waals surface area contributed by atoms with E-state index in [1.165, 1.54) is 24.5 Å². The molecule has 4 aromatic heterocycles. The predicted molar refractivity (Wildman–Crippen MR) is 115 cm³/mol. The van der Waals surface area contributed by atoms with Crippen LogP contribution in [0.15, 0.2) is 66.1 Å². The lowest BCUT2D eigenvalue weighted by Gasteiger charge is -2.20. The molecule has 0 radical (unpaired) electrons. The molecule has 1 atom stereocenters. The van der Waals surface area contributed by atoms with Gasteiger partial charge in [-0.2, -0.15) is 22.0 Å². The van der Waals surface area contributed by atoms with Gasteiger partial charge in [0.05, 0.1) is 30.1 Å². The number of nitrogens with zero attached hydrogens (tertiary/aromatic N) is 4. The number of hydrogen-bond acceptors (Lipinski definition) is 5. The highest BCUT2D eigenvalue weighted by molar-refractivity contribution is 7.91. The Morgan fingerprint density at radius 3 is 2.50 bits per heavy atom. The molecule has 0 fully saturated rings. The Morgan fingerprint density at radius 2 is 1.82 bits per heavy atom. The Bertz CT molecular complexity index is 1300. The summed E-state index contributed by atoms with van der Waals surface area (Å²) in [5.74, 6) is -3.98. The van der Waals surface area contributed by atoms with Crippen LogP contribution < -0.4 is 4.74 Å². The minimum atomic E-state index is -5.67. The molecule has 0 bridgehead atoms. The average Bonchev–Trinajstić information content (AvgIpc) is 3.19. The molecule has 12 heteroatoms. The smallest absolute Gasteiger partial charge is 0.455 e. The zero-order valence-electron chi connectivity index (χ0n) is 17.6. The first kappa shape index (κ1) is 23.9. The van der Waals surface area contributed by atoms with Crippen LogP contribution >= 0.6 is 0 Å². The van der Waals surface area contributed by atoms with E-state index in [4.69, 9.17) is 4.74 Å². The first-order valence-electron chi connectivity index (χ1n) is 9.96. The van der Waals surface area contributed by atoms with Gasteiger partial charge in [-0.1, -0.05) is 6.07 Å². The molecule has 0 aliphatic heterocycles. The van der Waals surface area contributed by atoms with Crippen LogP contribution in [0.1, 0.15) is 6.92 Å². The van der Waals surface area contributed by atoms with Gasteiger partial charge in [0.25, 0.3) is 0 Å². The van der Waals surface area contributed by atoms with Gasteiger partial charge in [0.1, 0.15) is 11.4 Å². The van der Waals surface area contributed by atoms with Crippen LogP contribution in [0.25, 0.3) is 22.3 Å². The molecule has 6 nitrogen and oxygen atoms in total. The van der Waals surface area contributed by atoms with Crippen molar-refractivity contribution in [2.75, 3.05) is 5.75 Å². The first-order chi connectivity index (χ1) is 16.1. The molecule has 0 aromatic carbocycles. The Morgan fingerprint density at radius 1 is 1.03 bits per heavy atom. The summed E-state index contributed by atoms with van der Waals surface area (Å²) < 4.78 is 84.0. The van der Waals surface area contributed by atoms with E-state index in [1.807, 2.05) is 0 Å². The van der Waals surface area contributed by atoms with Gasteiger partial charge in [-0.3, -0.25) is 4.98 Å². The molecule has 4 heterocycles. The van der Waals surface area contributed by atoms with E-state index < -0.39 is 29.8 Å². The van der Waals surface area contributed by atoms with E-state index in [0.29, 0.717) is 21.9 Å². The number of ether oxygens (including phenoxy) is 1. The minimum absolute atomic E-state index is 0.0981. The van der Waals surface area contributed by atoms with Crippen LogP contribution in [-0.2, 0) is 17.7 Å². The predicted octanol–water partition coefficient (Wildman–Crippen LogP) is 5.61. The van der Waals surface area contributed by atoms with E-state index in [1.54, 1.807) is 37.4 Å². The highest BCUT2D eigenvalue weighted by Crippen LogP contribution is 2.38. The quantitative estimate of drug-likeness (QED) is 0.246. The van der Waals surface area contributed by atoms with Crippen molar-refractivity contribution in [1.82, 2.24) is 19.5 Å². The summed E-state index contributed by atoms with van der Waals surface area (Å²) in [5, 5.41) is 0.381. The molecule has 0 N–H and O–H groups in total. The third-order valence-corrected chi connectivity index (χ3v) is 6.21. The van der Waals surface area contributed by atoms with Crippen LogP contribution in [0.3, 0.4) is 0 Å². The molecule has 0 aliphatic carbocycles. The lowest BCUT2D eigenvalue weighted by Crippen LogP contribution is -2.40. The normalized spacial score (nSPS) is 13.3. The fourth-order valence-corrected chi connectivity index (χ4v) is 4.12. The van der Waals surface area contributed by atoms with Gasteiger partial charge in [0.2, 0.25) is 5.88 Å². The van der Waals surface area contributed by atoms with Crippen molar-refractivity contribution < 1.29 is 31.2 Å². The van der Waals surface area contributed by atoms with Crippen molar-refractivity contribution in [2.45, 2.75) is 30.5 Å². The third-order valence-electron chi connectivity index (χ3n) is 4.88. The molecule has 4 aromatic rings. The van der Waals surface area contributed by atoms with Gasteiger partial charge in [-0.25, -0.2) is 9.97 Å². The number of hydrogen-bond donors (Lipinski definition) is 0. The monoisotopic (exact) mass is 496 g/mol. The van der Waals surface area contributed by atoms with Gasteiger partial charge in [-0.15, -0.1) is 0 Å². The summed E-state index contributed by atoms with van der Waals surface area (Å²) in [7, 11) is 0. The van der Waals surface area contributed by atoms with E-state index in [2.05, 4.69) is 15.0 Å². The Hall–Kier alpha value is -3.25. The zero-order valence-corrected chi connectivity index (χ0v) is 18.4. The number of pyridine rings is 3. The van der Waals surface area contributed by atoms with Gasteiger partial charge < -0.3 is 13.9 Å². The maximum Gasteiger partial charge on any atom is 0.455 e. The SMILES string of the molecule is CC[S+]([O-])c1cc(Oc2ccccn2)cnc1-c1cc2ccn(CC(F)(F)C(F)(F)F)c2cn1. The Kier molecular flexibility index (Phi) is 6.45. The highest BCUT2D eigenvalue weighted by atomic mass is 32.2. The summed E-state index contributed by atoms with van der Waals surface area (Å²) in [6, 6.07) is 9.57. The molecule has 0 aliphatic rings. The molecule has 34 heavy (non-hydrogen) atoms. The Labute approximate surface area is 193 Å². The summed E-state index contributed by atoms with van der Waals surface area (Å²) in [6.07, 6.45) is -0.383. The molecule has 0 saturated heterocycles. The molecule has 1 unspecified atom stereocenters. The second kappa shape index (κ2) is 9.18. The second-order valence-corrected chi connectivity index (χ2v) is 8.90. The van der Waals surface area contributed by atoms with Crippen molar-refractivity contribution in [3.8, 4) is 23.0 Å². The number of alkyl halides is 5. The number of fused-ring (bicyclic) bond motifs is 1. The van der Waals surface area contributed by atoms with E-state index in [0.717, 1.165) is 10.8 Å². The van der Waals surface area contributed by atoms with Crippen molar-refractivity contribution in [3.05, 3.63) is 61.2 Å². The summed E-state index contributed by atoms with van der Waals surface area (Å²) in [4.78, 5) is 12.9. The zero-order chi connectivity index (χ0) is 24.5. The van der Waals surface area contributed by atoms with E-state index in [-0.39, 0.29) is 22.7 Å². The first-order valence-corrected chi connectivity index (χ1v) is 11.3. The molecule has 0 amide bonds. The number of rotatable bonds is 7. The molecule has 178 valence electrons. The summed E-state index contributed by atoms with van der Waals surface area (Å²) in [5.41, 5.74) is 0.666. The van der Waals surface area contributed by atoms with Crippen LogP contribution in [0.4, 0.5) is 22.0 Å². The minimum Gasteiger partial charge on any atom is -0.611 e. The van der Waals surface area contributed by atoms with Gasteiger partial charge >= 0.3 is 12.1 Å². The molecule has 0 saturated carbocycles. The molecular weight excluding hydrogens is 479 g/mol. The van der Waals surface area contributed by atoms with Crippen molar-refractivity contribution >= 4 is 22.1 Å². The van der Waals surface area contributed by atoms with Crippen molar-refractivity contribution in [1.29, 1.82) is 0 Å². The van der Waals surface area contributed by atoms with Crippen LogP contribution in [0.5, 0.6) is 11.6 Å². The standard InChI is InChI=1S/C22H17F5N4O2S/c1-2-34(32)18-10-15(33-19-5-3-4-7-28-19)11-30-20(18)16-9-14-6-8-31(17(14)12-29-16)13-21(23,24)22(25,26)27/h3-12H,2,13H2,1H3. The van der Waals surface area contributed by atoms with Gasteiger partial charge in [-0.05, 0) is 36.3 Å². The number of aromatic nitrogens is 4. The van der Waals surface area contributed by atoms with Gasteiger partial charge in [0, 0.05) is 29.9 Å². The largest absolute Gasteiger partial charge is 0.611 e. The Balaban J connectivity index is 1.69. The third kappa shape index (κ3) is 4.82. The maximum absolute atomic E-state index is 13.5. The van der Waals surface area contributed by atoms with Crippen LogP contribution in [0, 0.1) is 0 Å². The fraction of sp³-hybridized carbons (Fsp3) is 0.227. The van der Waals surface area contributed by atoms with Crippen LogP contribution in [-0.4, -0.2) is 41.9 Å². The van der Waals surface area contributed by atoms with E-state index >= 15 is 0 Å². The van der Waals surface area contributed by atoms with Gasteiger partial charge in [0.15, 0.2) is 10.6 Å². The van der Waals surface area contributed by atoms with Crippen molar-refractivity contribution in [2.24, 2.45) is 0 Å². The second-order valence-electron chi connectivity index (χ2n) is 7.20.